The molecule has 6 heteroatoms. The van der Waals surface area contributed by atoms with Crippen LogP contribution in [0.25, 0.3) is 0 Å². The largest absolute Gasteiger partial charge is 0.462 e. The van der Waals surface area contributed by atoms with Crippen LogP contribution < -0.4 is 0 Å². The molecule has 1 aromatic carbocycles. The van der Waals surface area contributed by atoms with Crippen molar-refractivity contribution in [3.63, 3.8) is 0 Å². The number of aryl methyl sites for hydroxylation is 1. The minimum absolute atomic E-state index is 0.231. The van der Waals surface area contributed by atoms with E-state index >= 15 is 0 Å². The Morgan fingerprint density at radius 3 is 2.70 bits per heavy atom. The normalized spacial score (nSPS) is 12.1. The average Bonchev–Trinajstić information content (AvgIpc) is 2.81. The van der Waals surface area contributed by atoms with Gasteiger partial charge < -0.3 is 4.74 Å². The second-order valence-electron chi connectivity index (χ2n) is 4.15. The number of hydrogen-bond acceptors (Lipinski definition) is 4. The Labute approximate surface area is 120 Å². The molecule has 0 aliphatic carbocycles. The molecular formula is C14H16N2O3S. The number of carbonyl (C=O) groups excluding carboxylic acids is 1. The van der Waals surface area contributed by atoms with Gasteiger partial charge in [0, 0.05) is 11.9 Å². The Morgan fingerprint density at radius 1 is 1.35 bits per heavy atom. The number of hydrogen-bond donors (Lipinski definition) is 0. The molecule has 1 aromatic heterocycles. The molecule has 2 aromatic rings. The average molecular weight is 292 g/mol. The minimum Gasteiger partial charge on any atom is -0.462 e. The van der Waals surface area contributed by atoms with Crippen LogP contribution in [-0.4, -0.2) is 26.6 Å². The van der Waals surface area contributed by atoms with Crippen molar-refractivity contribution < 1.29 is 13.7 Å². The summed E-state index contributed by atoms with van der Waals surface area (Å²) >= 11 is 0. The highest BCUT2D eigenvalue weighted by molar-refractivity contribution is 7.84. The second kappa shape index (κ2) is 6.47. The third-order valence-corrected chi connectivity index (χ3v) is 4.16. The van der Waals surface area contributed by atoms with Crippen molar-refractivity contribution in [1.29, 1.82) is 0 Å². The van der Waals surface area contributed by atoms with Gasteiger partial charge in [0.2, 0.25) is 0 Å². The molecule has 0 saturated carbocycles. The molecule has 2 rings (SSSR count). The summed E-state index contributed by atoms with van der Waals surface area (Å²) in [6, 6.07) is 9.15. The smallest absolute Gasteiger partial charge is 0.341 e. The van der Waals surface area contributed by atoms with Crippen LogP contribution in [0.2, 0.25) is 0 Å². The Bertz CT molecular complexity index is 623. The van der Waals surface area contributed by atoms with E-state index in [0.717, 1.165) is 4.90 Å². The maximum Gasteiger partial charge on any atom is 0.341 e. The van der Waals surface area contributed by atoms with E-state index in [2.05, 4.69) is 5.10 Å². The summed E-state index contributed by atoms with van der Waals surface area (Å²) in [5.74, 6) is -0.199. The third-order valence-electron chi connectivity index (χ3n) is 2.83. The van der Waals surface area contributed by atoms with Crippen LogP contribution in [-0.2, 0) is 28.3 Å². The molecule has 0 amide bonds. The first-order valence-corrected chi connectivity index (χ1v) is 7.56. The number of rotatable bonds is 5. The zero-order valence-electron chi connectivity index (χ0n) is 11.4. The lowest BCUT2D eigenvalue weighted by atomic mass is 10.3. The number of aromatic nitrogens is 2. The first-order chi connectivity index (χ1) is 9.63. The Balaban J connectivity index is 2.23. The highest BCUT2D eigenvalue weighted by Crippen LogP contribution is 2.16. The van der Waals surface area contributed by atoms with E-state index in [0.29, 0.717) is 17.9 Å². The van der Waals surface area contributed by atoms with Crippen LogP contribution in [0.15, 0.2) is 41.4 Å². The topological polar surface area (TPSA) is 61.2 Å². The van der Waals surface area contributed by atoms with E-state index in [1.807, 2.05) is 18.2 Å². The minimum atomic E-state index is -1.22. The molecule has 5 nitrogen and oxygen atoms in total. The van der Waals surface area contributed by atoms with Gasteiger partial charge in [-0.25, -0.2) is 4.79 Å². The quantitative estimate of drug-likeness (QED) is 0.790. The fourth-order valence-corrected chi connectivity index (χ4v) is 3.01. The molecule has 0 N–H and O–H groups in total. The fourth-order valence-electron chi connectivity index (χ4n) is 1.79. The number of esters is 1. The van der Waals surface area contributed by atoms with Crippen LogP contribution in [0.3, 0.4) is 0 Å². The lowest BCUT2D eigenvalue weighted by Crippen LogP contribution is -2.11. The van der Waals surface area contributed by atoms with Crippen molar-refractivity contribution in [2.45, 2.75) is 17.6 Å². The summed E-state index contributed by atoms with van der Waals surface area (Å²) in [4.78, 5) is 12.5. The molecule has 0 saturated heterocycles. The van der Waals surface area contributed by atoms with Crippen LogP contribution in [0.5, 0.6) is 0 Å². The van der Waals surface area contributed by atoms with Gasteiger partial charge >= 0.3 is 5.97 Å². The van der Waals surface area contributed by atoms with Crippen LogP contribution in [0, 0.1) is 0 Å². The SMILES string of the molecule is CCOC(=O)c1cnn(C)c1CS(=O)c1ccccc1. The zero-order chi connectivity index (χ0) is 14.5. The molecule has 1 unspecified atom stereocenters. The number of ether oxygens (including phenoxy) is 1. The Kier molecular flexibility index (Phi) is 4.68. The van der Waals surface area contributed by atoms with Crippen molar-refractivity contribution in [2.24, 2.45) is 7.05 Å². The lowest BCUT2D eigenvalue weighted by Gasteiger charge is -2.06. The molecule has 0 radical (unpaired) electrons. The molecule has 20 heavy (non-hydrogen) atoms. The zero-order valence-corrected chi connectivity index (χ0v) is 12.2. The highest BCUT2D eigenvalue weighted by Gasteiger charge is 2.19. The Morgan fingerprint density at radius 2 is 2.05 bits per heavy atom. The van der Waals surface area contributed by atoms with Gasteiger partial charge in [0.15, 0.2) is 0 Å². The number of carbonyl (C=O) groups is 1. The monoisotopic (exact) mass is 292 g/mol. The molecule has 1 heterocycles. The standard InChI is InChI=1S/C14H16N2O3S/c1-3-19-14(17)12-9-15-16(2)13(12)10-20(18)11-7-5-4-6-8-11/h4-9H,3,10H2,1-2H3. The van der Waals surface area contributed by atoms with E-state index in [9.17, 15) is 9.00 Å². The van der Waals surface area contributed by atoms with Gasteiger partial charge in [-0.1, -0.05) is 18.2 Å². The summed E-state index contributed by atoms with van der Waals surface area (Å²) < 4.78 is 18.9. The van der Waals surface area contributed by atoms with Gasteiger partial charge in [-0.2, -0.15) is 5.10 Å². The lowest BCUT2D eigenvalue weighted by molar-refractivity contribution is 0.0525. The molecule has 0 fully saturated rings. The first-order valence-electron chi connectivity index (χ1n) is 6.25. The van der Waals surface area contributed by atoms with E-state index in [1.165, 1.54) is 6.20 Å². The number of nitrogens with zero attached hydrogens (tertiary/aromatic N) is 2. The van der Waals surface area contributed by atoms with Gasteiger partial charge in [0.1, 0.15) is 5.56 Å². The summed E-state index contributed by atoms with van der Waals surface area (Å²) in [6.07, 6.45) is 1.45. The van der Waals surface area contributed by atoms with Gasteiger partial charge in [-0.3, -0.25) is 8.89 Å². The predicted octanol–water partition coefficient (Wildman–Crippen LogP) is 1.90. The molecule has 0 bridgehead atoms. The van der Waals surface area contributed by atoms with E-state index in [-0.39, 0.29) is 5.75 Å². The molecule has 0 aliphatic rings. The summed E-state index contributed by atoms with van der Waals surface area (Å²) in [5.41, 5.74) is 0.990. The van der Waals surface area contributed by atoms with E-state index in [4.69, 9.17) is 4.74 Å². The van der Waals surface area contributed by atoms with Gasteiger partial charge in [0.05, 0.1) is 35.1 Å². The maximum atomic E-state index is 12.3. The van der Waals surface area contributed by atoms with Crippen LogP contribution >= 0.6 is 0 Å². The predicted molar refractivity (Wildman–Crippen MR) is 75.7 cm³/mol. The van der Waals surface area contributed by atoms with Gasteiger partial charge in [0.25, 0.3) is 0 Å². The Hall–Kier alpha value is -1.95. The third kappa shape index (κ3) is 3.14. The van der Waals surface area contributed by atoms with Crippen molar-refractivity contribution in [2.75, 3.05) is 6.61 Å². The van der Waals surface area contributed by atoms with E-state index < -0.39 is 16.8 Å². The van der Waals surface area contributed by atoms with Crippen LogP contribution in [0.1, 0.15) is 23.0 Å². The van der Waals surface area contributed by atoms with Crippen LogP contribution in [0.4, 0.5) is 0 Å². The van der Waals surface area contributed by atoms with Gasteiger partial charge in [-0.15, -0.1) is 0 Å². The maximum absolute atomic E-state index is 12.3. The van der Waals surface area contributed by atoms with Gasteiger partial charge in [-0.05, 0) is 19.1 Å². The summed E-state index contributed by atoms with van der Waals surface area (Å²) in [5, 5.41) is 4.05. The van der Waals surface area contributed by atoms with Crippen molar-refractivity contribution in [3.8, 4) is 0 Å². The van der Waals surface area contributed by atoms with Crippen molar-refractivity contribution >= 4 is 16.8 Å². The summed E-state index contributed by atoms with van der Waals surface area (Å²) in [6.45, 7) is 2.05. The molecule has 1 atom stereocenters. The molecule has 106 valence electrons. The summed E-state index contributed by atoms with van der Waals surface area (Å²) in [7, 11) is 0.500. The molecule has 0 spiro atoms. The first kappa shape index (κ1) is 14.5. The fraction of sp³-hybridized carbons (Fsp3) is 0.286. The van der Waals surface area contributed by atoms with Crippen molar-refractivity contribution in [3.05, 3.63) is 47.8 Å². The molecular weight excluding hydrogens is 276 g/mol. The second-order valence-corrected chi connectivity index (χ2v) is 5.60. The van der Waals surface area contributed by atoms with E-state index in [1.54, 1.807) is 30.8 Å². The highest BCUT2D eigenvalue weighted by atomic mass is 32.2. The van der Waals surface area contributed by atoms with Crippen molar-refractivity contribution in [1.82, 2.24) is 9.78 Å². The number of benzene rings is 1. The molecule has 0 aliphatic heterocycles.